The van der Waals surface area contributed by atoms with Gasteiger partial charge in [-0.1, -0.05) is 18.2 Å². The molecule has 0 saturated heterocycles. The van der Waals surface area contributed by atoms with Gasteiger partial charge >= 0.3 is 0 Å². The number of hydrogen-bond donors (Lipinski definition) is 0. The predicted molar refractivity (Wildman–Crippen MR) is 43.7 cm³/mol. The van der Waals surface area contributed by atoms with Gasteiger partial charge in [-0.05, 0) is 6.07 Å². The van der Waals surface area contributed by atoms with E-state index < -0.39 is 0 Å². The molecule has 48 valence electrons. The number of hydrogen-bond acceptors (Lipinski definition) is 1. The van der Waals surface area contributed by atoms with Crippen molar-refractivity contribution >= 4 is 18.9 Å². The van der Waals surface area contributed by atoms with Crippen LogP contribution in [0.25, 0.3) is 10.9 Å². The number of aromatic nitrogens is 2. The Kier molecular flexibility index (Phi) is 1.03. The van der Waals surface area contributed by atoms with E-state index in [2.05, 4.69) is 17.2 Å². The molecule has 2 nitrogen and oxygen atoms in total. The minimum Gasteiger partial charge on any atom is -0.319 e. The second-order valence-electron chi connectivity index (χ2n) is 2.33. The van der Waals surface area contributed by atoms with Gasteiger partial charge in [0.1, 0.15) is 0 Å². The van der Waals surface area contributed by atoms with Gasteiger partial charge in [-0.15, -0.1) is 0 Å². The summed E-state index contributed by atoms with van der Waals surface area (Å²) in [5.41, 5.74) is 1.18. The third kappa shape index (κ3) is 0.636. The average molecular weight is 130 g/mol. The van der Waals surface area contributed by atoms with Crippen LogP contribution in [-0.4, -0.2) is 17.7 Å². The molecule has 1 aromatic carbocycles. The van der Waals surface area contributed by atoms with Crippen LogP contribution < -0.4 is 0 Å². The number of fused-ring (bicyclic) bond motifs is 1. The van der Waals surface area contributed by atoms with Crippen molar-refractivity contribution in [3.63, 3.8) is 0 Å². The molecule has 10 heavy (non-hydrogen) atoms. The normalized spacial score (nSPS) is 10.4. The maximum absolute atomic E-state index is 4.11. The number of rotatable bonds is 0. The standard InChI is InChI=1S/C7H7BN2/c8-10-7-4-2-1-3-6(7)5-9-10/h1-5H,8H2. The molecule has 0 fully saturated rings. The maximum Gasteiger partial charge on any atom is 0.249 e. The summed E-state index contributed by atoms with van der Waals surface area (Å²) < 4.78 is 1.87. The quantitative estimate of drug-likeness (QED) is 0.473. The van der Waals surface area contributed by atoms with E-state index in [1.54, 1.807) is 0 Å². The van der Waals surface area contributed by atoms with Crippen LogP contribution in [-0.2, 0) is 0 Å². The van der Waals surface area contributed by atoms with Gasteiger partial charge in [-0.3, -0.25) is 0 Å². The van der Waals surface area contributed by atoms with Gasteiger partial charge in [0.15, 0.2) is 0 Å². The zero-order chi connectivity index (χ0) is 6.97. The molecule has 0 bridgehead atoms. The molecule has 0 saturated carbocycles. The van der Waals surface area contributed by atoms with Gasteiger partial charge in [0.2, 0.25) is 7.98 Å². The summed E-state index contributed by atoms with van der Waals surface area (Å²) in [6.07, 6.45) is 1.87. The average Bonchev–Trinajstić information content (AvgIpc) is 2.34. The largest absolute Gasteiger partial charge is 0.319 e. The van der Waals surface area contributed by atoms with Crippen LogP contribution in [0.5, 0.6) is 0 Å². The first-order valence-electron chi connectivity index (χ1n) is 3.25. The van der Waals surface area contributed by atoms with E-state index in [4.69, 9.17) is 0 Å². The predicted octanol–water partition coefficient (Wildman–Crippen LogP) is 0.432. The molecule has 0 radical (unpaired) electrons. The van der Waals surface area contributed by atoms with Crippen LogP contribution in [0.15, 0.2) is 30.5 Å². The fourth-order valence-corrected chi connectivity index (χ4v) is 1.10. The molecular formula is C7H7BN2. The molecule has 0 unspecified atom stereocenters. The summed E-state index contributed by atoms with van der Waals surface area (Å²) in [5.74, 6) is 0. The third-order valence-corrected chi connectivity index (χ3v) is 1.66. The van der Waals surface area contributed by atoms with Crippen molar-refractivity contribution in [2.45, 2.75) is 0 Å². The molecule has 0 amide bonds. The fourth-order valence-electron chi connectivity index (χ4n) is 1.10. The van der Waals surface area contributed by atoms with Gasteiger partial charge in [0, 0.05) is 5.39 Å². The molecule has 0 aliphatic carbocycles. The van der Waals surface area contributed by atoms with Gasteiger partial charge < -0.3 is 4.59 Å². The first-order chi connectivity index (χ1) is 4.88. The second kappa shape index (κ2) is 1.87. The van der Waals surface area contributed by atoms with Gasteiger partial charge in [-0.2, -0.15) is 5.10 Å². The molecule has 3 heteroatoms. The van der Waals surface area contributed by atoms with Crippen molar-refractivity contribution in [2.24, 2.45) is 0 Å². The highest BCUT2D eigenvalue weighted by atomic mass is 15.2. The second-order valence-corrected chi connectivity index (χ2v) is 2.33. The van der Waals surface area contributed by atoms with Crippen molar-refractivity contribution in [3.8, 4) is 0 Å². The van der Waals surface area contributed by atoms with Crippen LogP contribution in [0.4, 0.5) is 0 Å². The number of benzene rings is 1. The molecule has 0 aliphatic heterocycles. The smallest absolute Gasteiger partial charge is 0.249 e. The highest BCUT2D eigenvalue weighted by Gasteiger charge is 1.93. The number of nitrogens with zero attached hydrogens (tertiary/aromatic N) is 2. The zero-order valence-electron chi connectivity index (χ0n) is 5.78. The zero-order valence-corrected chi connectivity index (χ0v) is 5.78. The first kappa shape index (κ1) is 5.53. The van der Waals surface area contributed by atoms with Crippen molar-refractivity contribution in [3.05, 3.63) is 30.5 Å². The van der Waals surface area contributed by atoms with E-state index in [-0.39, 0.29) is 0 Å². The Morgan fingerprint density at radius 2 is 2.10 bits per heavy atom. The third-order valence-electron chi connectivity index (χ3n) is 1.66. The van der Waals surface area contributed by atoms with Gasteiger partial charge in [-0.25, -0.2) is 0 Å². The highest BCUT2D eigenvalue weighted by Crippen LogP contribution is 2.09. The van der Waals surface area contributed by atoms with Crippen LogP contribution >= 0.6 is 0 Å². The SMILES string of the molecule is Bn1ncc2ccccc21. The molecule has 2 aromatic rings. The van der Waals surface area contributed by atoms with Gasteiger partial charge in [0.05, 0.1) is 11.7 Å². The molecule has 0 spiro atoms. The topological polar surface area (TPSA) is 17.8 Å². The lowest BCUT2D eigenvalue weighted by Gasteiger charge is -1.90. The van der Waals surface area contributed by atoms with Gasteiger partial charge in [0.25, 0.3) is 0 Å². The fraction of sp³-hybridized carbons (Fsp3) is 0. The summed E-state index contributed by atoms with van der Waals surface area (Å²) in [5, 5.41) is 5.31. The lowest BCUT2D eigenvalue weighted by Crippen LogP contribution is -1.91. The summed E-state index contributed by atoms with van der Waals surface area (Å²) in [4.78, 5) is 0. The van der Waals surface area contributed by atoms with E-state index in [0.29, 0.717) is 0 Å². The molecular weight excluding hydrogens is 123 g/mol. The minimum atomic E-state index is 1.18. The van der Waals surface area contributed by atoms with Crippen LogP contribution in [0, 0.1) is 0 Å². The Balaban J connectivity index is 2.93. The van der Waals surface area contributed by atoms with Crippen molar-refractivity contribution in [1.29, 1.82) is 0 Å². The lowest BCUT2D eigenvalue weighted by molar-refractivity contribution is 1.02. The minimum absolute atomic E-state index is 1.18. The summed E-state index contributed by atoms with van der Waals surface area (Å²) >= 11 is 0. The summed E-state index contributed by atoms with van der Waals surface area (Å²) in [6, 6.07) is 8.15. The summed E-state index contributed by atoms with van der Waals surface area (Å²) in [6.45, 7) is 0. The monoisotopic (exact) mass is 130 g/mol. The Hall–Kier alpha value is -1.25. The molecule has 0 N–H and O–H groups in total. The first-order valence-corrected chi connectivity index (χ1v) is 3.25. The Morgan fingerprint density at radius 1 is 1.30 bits per heavy atom. The molecule has 0 atom stereocenters. The molecule has 2 rings (SSSR count). The maximum atomic E-state index is 4.11. The number of para-hydroxylation sites is 1. The van der Waals surface area contributed by atoms with Crippen molar-refractivity contribution in [1.82, 2.24) is 9.69 Å². The summed E-state index contributed by atoms with van der Waals surface area (Å²) in [7, 11) is 1.95. The molecule has 0 aliphatic rings. The van der Waals surface area contributed by atoms with Crippen molar-refractivity contribution in [2.75, 3.05) is 0 Å². The van der Waals surface area contributed by atoms with E-state index in [1.165, 1.54) is 10.9 Å². The van der Waals surface area contributed by atoms with Crippen molar-refractivity contribution < 1.29 is 0 Å². The van der Waals surface area contributed by atoms with E-state index in [1.807, 2.05) is 30.9 Å². The Morgan fingerprint density at radius 3 is 2.90 bits per heavy atom. The lowest BCUT2D eigenvalue weighted by atomic mass is 10.2. The molecule has 1 heterocycles. The van der Waals surface area contributed by atoms with E-state index >= 15 is 0 Å². The molecule has 1 aromatic heterocycles. The van der Waals surface area contributed by atoms with Crippen LogP contribution in [0.2, 0.25) is 0 Å². The Bertz CT molecular complexity index is 353. The highest BCUT2D eigenvalue weighted by molar-refractivity contribution is 6.10. The van der Waals surface area contributed by atoms with Crippen LogP contribution in [0.1, 0.15) is 0 Å². The van der Waals surface area contributed by atoms with E-state index in [9.17, 15) is 0 Å². The van der Waals surface area contributed by atoms with E-state index in [0.717, 1.165) is 0 Å². The Labute approximate surface area is 59.9 Å². The van der Waals surface area contributed by atoms with Crippen LogP contribution in [0.3, 0.4) is 0 Å².